The van der Waals surface area contributed by atoms with Gasteiger partial charge in [0.05, 0.1) is 66.0 Å². The van der Waals surface area contributed by atoms with Crippen molar-refractivity contribution < 1.29 is 42.6 Å². The lowest BCUT2D eigenvalue weighted by Crippen LogP contribution is -3.00. The van der Waals surface area contributed by atoms with E-state index in [9.17, 15) is 0 Å². The minimum absolute atomic E-state index is 0. The van der Waals surface area contributed by atoms with E-state index in [0.29, 0.717) is 0 Å². The second-order valence-electron chi connectivity index (χ2n) is 8.86. The van der Waals surface area contributed by atoms with E-state index in [1.54, 1.807) is 0 Å². The number of nitrogens with one attached hydrogen (secondary N) is 2. The lowest BCUT2D eigenvalue weighted by Gasteiger charge is -2.26. The topological polar surface area (TPSA) is 56.8 Å². The fraction of sp³-hybridized carbons (Fsp3) is 0.615. The van der Waals surface area contributed by atoms with Crippen LogP contribution in [-0.2, 0) is 23.6 Å². The van der Waals surface area contributed by atoms with Crippen molar-refractivity contribution in [3.63, 3.8) is 0 Å². The maximum Gasteiger partial charge on any atom is 0.274 e. The molecule has 0 amide bonds. The third-order valence-corrected chi connectivity index (χ3v) is 6.23. The standard InChI is InChI=1S/2C13H21N3O.ClH.HI/c2*1-15-7-3-2-5-13(15)14-6-4-8-16-9-11-17-12-10-16;;/h2*2-3,5,7H,4,6,8-12H2,1H3;2*1H/p+1. The molecule has 0 atom stereocenters. The quantitative estimate of drug-likeness (QED) is 0.193. The average molecular weight is 636 g/mol. The molecular formula is C26H45ClIN6O2+. The molecule has 2 aromatic rings. The summed E-state index contributed by atoms with van der Waals surface area (Å²) in [5, 5.41) is 6.92. The highest BCUT2D eigenvalue weighted by atomic mass is 127. The molecule has 4 rings (SSSR count). The predicted octanol–water partition coefficient (Wildman–Crippen LogP) is -1.28. The summed E-state index contributed by atoms with van der Waals surface area (Å²) in [6.45, 7) is 12.3. The highest BCUT2D eigenvalue weighted by molar-refractivity contribution is 5.85. The molecule has 10 heteroatoms. The molecule has 2 aliphatic heterocycles. The van der Waals surface area contributed by atoms with E-state index >= 15 is 0 Å². The molecule has 0 saturated carbocycles. The Morgan fingerprint density at radius 1 is 0.694 bits per heavy atom. The molecule has 204 valence electrons. The van der Waals surface area contributed by atoms with E-state index in [0.717, 1.165) is 78.8 Å². The van der Waals surface area contributed by atoms with E-state index in [4.69, 9.17) is 9.47 Å². The van der Waals surface area contributed by atoms with Gasteiger partial charge in [0.25, 0.3) is 11.6 Å². The maximum atomic E-state index is 5.33. The minimum Gasteiger partial charge on any atom is -1.00 e. The average Bonchev–Trinajstić information content (AvgIpc) is 2.88. The van der Waals surface area contributed by atoms with Crippen LogP contribution < -0.4 is 43.7 Å². The van der Waals surface area contributed by atoms with Crippen molar-refractivity contribution in [3.05, 3.63) is 48.8 Å². The minimum atomic E-state index is 0. The van der Waals surface area contributed by atoms with Crippen molar-refractivity contribution in [2.24, 2.45) is 14.1 Å². The molecular weight excluding hydrogens is 591 g/mol. The third kappa shape index (κ3) is 12.8. The fourth-order valence-electron chi connectivity index (χ4n) is 4.10. The number of ether oxygens (including phenoxy) is 2. The van der Waals surface area contributed by atoms with Crippen LogP contribution in [0.2, 0.25) is 0 Å². The molecule has 2 aliphatic rings. The van der Waals surface area contributed by atoms with Crippen molar-refractivity contribution in [1.82, 2.24) is 9.80 Å². The molecule has 36 heavy (non-hydrogen) atoms. The second kappa shape index (κ2) is 19.8. The van der Waals surface area contributed by atoms with Gasteiger partial charge in [0.1, 0.15) is 0 Å². The van der Waals surface area contributed by atoms with Gasteiger partial charge in [0, 0.05) is 51.4 Å². The van der Waals surface area contributed by atoms with Crippen molar-refractivity contribution in [2.75, 3.05) is 89.4 Å². The Labute approximate surface area is 240 Å². The molecule has 2 aromatic heterocycles. The summed E-state index contributed by atoms with van der Waals surface area (Å²) in [6.07, 6.45) is 6.47. The zero-order chi connectivity index (χ0) is 23.8. The Kier molecular flexibility index (Phi) is 18.0. The summed E-state index contributed by atoms with van der Waals surface area (Å²) in [5.41, 5.74) is 0. The molecule has 0 aromatic carbocycles. The predicted molar refractivity (Wildman–Crippen MR) is 143 cm³/mol. The van der Waals surface area contributed by atoms with Crippen LogP contribution in [0.25, 0.3) is 0 Å². The molecule has 2 saturated heterocycles. The number of pyridine rings is 2. The first-order valence-corrected chi connectivity index (χ1v) is 12.7. The van der Waals surface area contributed by atoms with Gasteiger partial charge in [0.15, 0.2) is 0 Å². The van der Waals surface area contributed by atoms with Crippen LogP contribution >= 0.6 is 12.4 Å². The van der Waals surface area contributed by atoms with E-state index in [-0.39, 0.29) is 36.4 Å². The maximum absolute atomic E-state index is 5.33. The van der Waals surface area contributed by atoms with Crippen LogP contribution in [0.4, 0.5) is 11.6 Å². The summed E-state index contributed by atoms with van der Waals surface area (Å²) < 4.78 is 14.9. The SMILES string of the molecule is C[n+]1ccccc1NCCCN1CCOCC1.C[n+]1ccccc1NCCCN1CCOCC1.Cl.[I-]. The summed E-state index contributed by atoms with van der Waals surface area (Å²) in [5.74, 6) is 2.35. The van der Waals surface area contributed by atoms with Gasteiger partial charge in [-0.1, -0.05) is 12.1 Å². The molecule has 2 fully saturated rings. The lowest BCUT2D eigenvalue weighted by molar-refractivity contribution is -0.657. The Hall–Kier alpha value is -1.24. The van der Waals surface area contributed by atoms with E-state index in [2.05, 4.69) is 80.3 Å². The largest absolute Gasteiger partial charge is 1.00 e. The zero-order valence-electron chi connectivity index (χ0n) is 21.9. The number of rotatable bonds is 10. The number of hydrogen-bond donors (Lipinski definition) is 2. The van der Waals surface area contributed by atoms with Gasteiger partial charge in [-0.15, -0.1) is 12.4 Å². The van der Waals surface area contributed by atoms with Crippen molar-refractivity contribution in [2.45, 2.75) is 12.8 Å². The first kappa shape index (κ1) is 32.8. The van der Waals surface area contributed by atoms with Crippen LogP contribution in [0.3, 0.4) is 0 Å². The molecule has 0 unspecified atom stereocenters. The normalized spacial score (nSPS) is 16.1. The number of aryl methyl sites for hydroxylation is 2. The summed E-state index contributed by atoms with van der Waals surface area (Å²) in [7, 11) is 4.12. The number of aromatic nitrogens is 2. The van der Waals surface area contributed by atoms with Crippen molar-refractivity contribution >= 4 is 24.0 Å². The smallest absolute Gasteiger partial charge is 0.274 e. The van der Waals surface area contributed by atoms with E-state index < -0.39 is 0 Å². The second-order valence-corrected chi connectivity index (χ2v) is 8.86. The molecule has 0 radical (unpaired) electrons. The number of hydrogen-bond acceptors (Lipinski definition) is 6. The number of anilines is 2. The number of nitrogens with zero attached hydrogens (tertiary/aromatic N) is 4. The van der Waals surface area contributed by atoms with Crippen LogP contribution in [-0.4, -0.2) is 88.6 Å². The van der Waals surface area contributed by atoms with Gasteiger partial charge in [-0.05, 0) is 25.0 Å². The Morgan fingerprint density at radius 3 is 1.44 bits per heavy atom. The van der Waals surface area contributed by atoms with Gasteiger partial charge in [-0.3, -0.25) is 20.4 Å². The molecule has 4 heterocycles. The van der Waals surface area contributed by atoms with Gasteiger partial charge in [-0.2, -0.15) is 0 Å². The van der Waals surface area contributed by atoms with Gasteiger partial charge >= 0.3 is 0 Å². The summed E-state index contributed by atoms with van der Waals surface area (Å²) >= 11 is 0. The van der Waals surface area contributed by atoms with Gasteiger partial charge < -0.3 is 33.5 Å². The monoisotopic (exact) mass is 635 g/mol. The molecule has 0 aliphatic carbocycles. The Balaban J connectivity index is 0.000000341. The first-order valence-electron chi connectivity index (χ1n) is 12.7. The van der Waals surface area contributed by atoms with Crippen molar-refractivity contribution in [1.29, 1.82) is 0 Å². The third-order valence-electron chi connectivity index (χ3n) is 6.23. The lowest BCUT2D eigenvalue weighted by atomic mass is 10.3. The van der Waals surface area contributed by atoms with E-state index in [1.807, 2.05) is 12.1 Å². The number of halogens is 2. The highest BCUT2D eigenvalue weighted by Gasteiger charge is 2.11. The van der Waals surface area contributed by atoms with Crippen molar-refractivity contribution in [3.8, 4) is 0 Å². The fourth-order valence-corrected chi connectivity index (χ4v) is 4.10. The molecule has 0 bridgehead atoms. The molecule has 2 N–H and O–H groups in total. The molecule has 8 nitrogen and oxygen atoms in total. The van der Waals surface area contributed by atoms with E-state index in [1.165, 1.54) is 24.5 Å². The van der Waals surface area contributed by atoms with Gasteiger partial charge in [-0.25, -0.2) is 9.13 Å². The Morgan fingerprint density at radius 2 is 1.08 bits per heavy atom. The van der Waals surface area contributed by atoms with Crippen LogP contribution in [0.5, 0.6) is 0 Å². The Bertz CT molecular complexity index is 755. The number of morpholine rings is 2. The zero-order valence-corrected chi connectivity index (χ0v) is 24.9. The summed E-state index contributed by atoms with van der Waals surface area (Å²) in [4.78, 5) is 4.94. The van der Waals surface area contributed by atoms with Crippen LogP contribution in [0.1, 0.15) is 12.8 Å². The van der Waals surface area contributed by atoms with Crippen LogP contribution in [0.15, 0.2) is 48.8 Å². The van der Waals surface area contributed by atoms with Crippen LogP contribution in [0, 0.1) is 0 Å². The highest BCUT2D eigenvalue weighted by Crippen LogP contribution is 2.01. The first-order chi connectivity index (χ1) is 16.7. The summed E-state index contributed by atoms with van der Waals surface area (Å²) in [6, 6.07) is 12.4. The molecule has 0 spiro atoms. The van der Waals surface area contributed by atoms with Gasteiger partial charge in [0.2, 0.25) is 0 Å².